The van der Waals surface area contributed by atoms with Crippen LogP contribution in [0.2, 0.25) is 5.02 Å². The van der Waals surface area contributed by atoms with Crippen molar-refractivity contribution in [1.29, 1.82) is 0 Å². The number of rotatable bonds is 8. The number of carbonyl (C=O) groups is 3. The maximum Gasteiger partial charge on any atom is 0.414 e. The minimum atomic E-state index is -1.23. The Bertz CT molecular complexity index is 1630. The highest BCUT2D eigenvalue weighted by Gasteiger charge is 2.33. The summed E-state index contributed by atoms with van der Waals surface area (Å²) < 4.78 is 17.2. The van der Waals surface area contributed by atoms with Gasteiger partial charge in [-0.25, -0.2) is 14.4 Å². The predicted molar refractivity (Wildman–Crippen MR) is 180 cm³/mol. The maximum absolute atomic E-state index is 13.4. The summed E-state index contributed by atoms with van der Waals surface area (Å²) in [6.07, 6.45) is -0.312. The molecule has 47 heavy (non-hydrogen) atoms. The molecule has 0 aromatic heterocycles. The number of benzene rings is 3. The quantitative estimate of drug-likeness (QED) is 0.247. The van der Waals surface area contributed by atoms with Crippen LogP contribution in [0.25, 0.3) is 0 Å². The van der Waals surface area contributed by atoms with Crippen LogP contribution in [0.15, 0.2) is 60.7 Å². The lowest BCUT2D eigenvalue weighted by atomic mass is 9.87. The number of fused-ring (bicyclic) bond motifs is 1. The van der Waals surface area contributed by atoms with Crippen molar-refractivity contribution in [1.82, 2.24) is 4.90 Å². The van der Waals surface area contributed by atoms with Crippen molar-refractivity contribution in [3.8, 4) is 11.5 Å². The molecule has 11 heteroatoms. The number of aliphatic hydroxyl groups excluding tert-OH is 1. The number of amides is 2. The molecule has 0 heterocycles. The third-order valence-electron chi connectivity index (χ3n) is 7.51. The Kier molecular flexibility index (Phi) is 10.8. The van der Waals surface area contributed by atoms with Gasteiger partial charge in [-0.15, -0.1) is 0 Å². The second kappa shape index (κ2) is 14.2. The van der Waals surface area contributed by atoms with E-state index in [-0.39, 0.29) is 29.6 Å². The molecule has 10 nitrogen and oxygen atoms in total. The number of carbonyl (C=O) groups excluding carboxylic acids is 2. The van der Waals surface area contributed by atoms with E-state index in [4.69, 9.17) is 25.8 Å². The number of nitrogens with zero attached hydrogens (tertiary/aromatic N) is 2. The van der Waals surface area contributed by atoms with Gasteiger partial charge in [-0.3, -0.25) is 4.90 Å². The van der Waals surface area contributed by atoms with Crippen LogP contribution in [-0.2, 0) is 22.3 Å². The molecule has 0 saturated carbocycles. The lowest BCUT2D eigenvalue weighted by Gasteiger charge is -2.37. The largest absolute Gasteiger partial charge is 0.478 e. The van der Waals surface area contributed by atoms with Gasteiger partial charge < -0.3 is 29.3 Å². The summed E-state index contributed by atoms with van der Waals surface area (Å²) in [7, 11) is 1.45. The summed E-state index contributed by atoms with van der Waals surface area (Å²) in [4.78, 5) is 40.9. The molecule has 2 amide bonds. The fourth-order valence-corrected chi connectivity index (χ4v) is 5.55. The van der Waals surface area contributed by atoms with Crippen molar-refractivity contribution in [2.75, 3.05) is 18.5 Å². The second-order valence-electron chi connectivity index (χ2n) is 13.7. The highest BCUT2D eigenvalue weighted by Crippen LogP contribution is 2.34. The molecule has 0 radical (unpaired) electrons. The highest BCUT2D eigenvalue weighted by molar-refractivity contribution is 6.30. The number of hydrogen-bond donors (Lipinski definition) is 2. The van der Waals surface area contributed by atoms with E-state index in [1.165, 1.54) is 19.2 Å². The standard InChI is InChI=1S/C36H43ClN2O8/c1-35(2,3)46-33(43)38(7)30-16-15-28(20-29(30)32(41)42)45-27-14-12-22-11-13-26(18-24(22)19-27)39(34(44)47-36(4,5)6)21-31(40)23-9-8-10-25(37)17-23/h8-10,12,14-17,19-20,26,31,40H,11,13,18,21H2,1-7H3,(H,41,42)/t26-,31-/m0/s1. The first-order valence-electron chi connectivity index (χ1n) is 15.5. The fourth-order valence-electron chi connectivity index (χ4n) is 5.35. The van der Waals surface area contributed by atoms with E-state index < -0.39 is 35.5 Å². The normalized spacial score (nSPS) is 15.2. The van der Waals surface area contributed by atoms with E-state index in [2.05, 4.69) is 0 Å². The molecule has 2 N–H and O–H groups in total. The number of anilines is 1. The number of carboxylic acids is 1. The van der Waals surface area contributed by atoms with Gasteiger partial charge in [0.15, 0.2) is 0 Å². The Hall–Kier alpha value is -4.28. The minimum absolute atomic E-state index is 0.0213. The Labute approximate surface area is 280 Å². The first kappa shape index (κ1) is 35.6. The third-order valence-corrected chi connectivity index (χ3v) is 7.75. The first-order valence-corrected chi connectivity index (χ1v) is 15.8. The van der Waals surface area contributed by atoms with Gasteiger partial charge in [0.25, 0.3) is 0 Å². The van der Waals surface area contributed by atoms with Crippen LogP contribution in [0.3, 0.4) is 0 Å². The van der Waals surface area contributed by atoms with Crippen molar-refractivity contribution < 1.29 is 38.8 Å². The van der Waals surface area contributed by atoms with Crippen LogP contribution in [-0.4, -0.2) is 64.1 Å². The molecular weight excluding hydrogens is 624 g/mol. The Balaban J connectivity index is 1.56. The molecule has 0 saturated heterocycles. The molecular formula is C36H43ClN2O8. The molecule has 1 aliphatic carbocycles. The van der Waals surface area contributed by atoms with Crippen LogP contribution in [0.5, 0.6) is 11.5 Å². The Morgan fingerprint density at radius 2 is 1.53 bits per heavy atom. The van der Waals surface area contributed by atoms with Crippen LogP contribution in [0, 0.1) is 0 Å². The lowest BCUT2D eigenvalue weighted by molar-refractivity contribution is 0.00193. The average Bonchev–Trinajstić information content (AvgIpc) is 2.97. The number of aliphatic hydroxyl groups is 1. The number of aromatic carboxylic acids is 1. The van der Waals surface area contributed by atoms with Crippen molar-refractivity contribution in [3.63, 3.8) is 0 Å². The molecule has 0 fully saturated rings. The molecule has 0 bridgehead atoms. The topological polar surface area (TPSA) is 126 Å². The zero-order chi connectivity index (χ0) is 34.7. The van der Waals surface area contributed by atoms with Gasteiger partial charge in [0.1, 0.15) is 22.7 Å². The van der Waals surface area contributed by atoms with Gasteiger partial charge in [0.05, 0.1) is 23.9 Å². The maximum atomic E-state index is 13.4. The smallest absolute Gasteiger partial charge is 0.414 e. The SMILES string of the molecule is CN(C(=O)OC(C)(C)C)c1ccc(Oc2ccc3c(c2)C[C@@H](N(C[C@H](O)c2cccc(Cl)c2)C(=O)OC(C)(C)C)CC3)cc1C(=O)O. The van der Waals surface area contributed by atoms with Gasteiger partial charge >= 0.3 is 18.2 Å². The van der Waals surface area contributed by atoms with Crippen LogP contribution < -0.4 is 9.64 Å². The van der Waals surface area contributed by atoms with Crippen molar-refractivity contribution >= 4 is 35.4 Å². The summed E-state index contributed by atoms with van der Waals surface area (Å²) >= 11 is 6.15. The first-order chi connectivity index (χ1) is 21.9. The average molecular weight is 667 g/mol. The highest BCUT2D eigenvalue weighted by atomic mass is 35.5. The van der Waals surface area contributed by atoms with Gasteiger partial charge in [0.2, 0.25) is 0 Å². The molecule has 0 aliphatic heterocycles. The van der Waals surface area contributed by atoms with Crippen molar-refractivity contribution in [2.24, 2.45) is 0 Å². The van der Waals surface area contributed by atoms with E-state index in [0.29, 0.717) is 35.6 Å². The molecule has 3 aromatic carbocycles. The second-order valence-corrected chi connectivity index (χ2v) is 14.1. The van der Waals surface area contributed by atoms with E-state index in [1.54, 1.807) is 76.8 Å². The number of ether oxygens (including phenoxy) is 3. The monoisotopic (exact) mass is 666 g/mol. The zero-order valence-electron chi connectivity index (χ0n) is 27.9. The lowest BCUT2D eigenvalue weighted by Crippen LogP contribution is -2.47. The summed E-state index contributed by atoms with van der Waals surface area (Å²) in [6.45, 7) is 10.6. The van der Waals surface area contributed by atoms with Gasteiger partial charge in [-0.1, -0.05) is 29.8 Å². The van der Waals surface area contributed by atoms with E-state index in [9.17, 15) is 24.6 Å². The van der Waals surface area contributed by atoms with E-state index in [0.717, 1.165) is 16.0 Å². The zero-order valence-corrected chi connectivity index (χ0v) is 28.6. The number of carboxylic acid groups (broad SMARTS) is 1. The minimum Gasteiger partial charge on any atom is -0.478 e. The Morgan fingerprint density at radius 1 is 0.894 bits per heavy atom. The predicted octanol–water partition coefficient (Wildman–Crippen LogP) is 8.03. The van der Waals surface area contributed by atoms with Gasteiger partial charge in [-0.05, 0) is 120 Å². The third kappa shape index (κ3) is 9.62. The van der Waals surface area contributed by atoms with Crippen LogP contribution >= 0.6 is 11.6 Å². The molecule has 252 valence electrons. The number of halogens is 1. The van der Waals surface area contributed by atoms with Gasteiger partial charge in [-0.2, -0.15) is 0 Å². The van der Waals surface area contributed by atoms with Crippen LogP contribution in [0.1, 0.15) is 81.1 Å². The summed E-state index contributed by atoms with van der Waals surface area (Å²) in [5, 5.41) is 21.5. The molecule has 0 unspecified atom stereocenters. The molecule has 2 atom stereocenters. The number of aryl methyl sites for hydroxylation is 1. The summed E-state index contributed by atoms with van der Waals surface area (Å²) in [5.41, 5.74) is 1.23. The number of hydrogen-bond acceptors (Lipinski definition) is 7. The summed E-state index contributed by atoms with van der Waals surface area (Å²) in [6, 6.07) is 16.8. The van der Waals surface area contributed by atoms with Gasteiger partial charge in [0, 0.05) is 18.1 Å². The van der Waals surface area contributed by atoms with Crippen molar-refractivity contribution in [3.05, 3.63) is 87.9 Å². The molecule has 3 aromatic rings. The molecule has 1 aliphatic rings. The molecule has 0 spiro atoms. The fraction of sp³-hybridized carbons (Fsp3) is 0.417. The van der Waals surface area contributed by atoms with E-state index in [1.807, 2.05) is 18.2 Å². The van der Waals surface area contributed by atoms with Crippen LogP contribution in [0.4, 0.5) is 15.3 Å². The summed E-state index contributed by atoms with van der Waals surface area (Å²) in [5.74, 6) is -0.468. The molecule has 4 rings (SSSR count). The van der Waals surface area contributed by atoms with E-state index >= 15 is 0 Å². The van der Waals surface area contributed by atoms with Crippen molar-refractivity contribution in [2.45, 2.75) is 84.2 Å². The Morgan fingerprint density at radius 3 is 2.17 bits per heavy atom.